The van der Waals surface area contributed by atoms with Gasteiger partial charge in [-0.1, -0.05) is 12.1 Å². The number of rotatable bonds is 8. The normalized spacial score (nSPS) is 11.7. The quantitative estimate of drug-likeness (QED) is 0.705. The van der Waals surface area contributed by atoms with E-state index in [9.17, 15) is 9.90 Å². The van der Waals surface area contributed by atoms with Crippen LogP contribution in [-0.4, -0.2) is 51.1 Å². The van der Waals surface area contributed by atoms with Gasteiger partial charge in [0, 0.05) is 13.7 Å². The van der Waals surface area contributed by atoms with E-state index >= 15 is 0 Å². The number of amides is 1. The van der Waals surface area contributed by atoms with E-state index in [4.69, 9.17) is 14.2 Å². The Morgan fingerprint density at radius 3 is 2.63 bits per heavy atom. The van der Waals surface area contributed by atoms with Crippen molar-refractivity contribution in [2.24, 2.45) is 0 Å². The van der Waals surface area contributed by atoms with Crippen LogP contribution >= 0.6 is 0 Å². The van der Waals surface area contributed by atoms with E-state index in [1.54, 1.807) is 18.2 Å². The number of hydrogen-bond acceptors (Lipinski definition) is 5. The second-order valence-corrected chi connectivity index (χ2v) is 3.85. The molecule has 1 rings (SSSR count). The molecule has 0 radical (unpaired) electrons. The molecule has 1 amide bonds. The summed E-state index contributed by atoms with van der Waals surface area (Å²) in [5.41, 5.74) is 0. The van der Waals surface area contributed by atoms with Crippen molar-refractivity contribution in [3.8, 4) is 11.5 Å². The maximum Gasteiger partial charge on any atom is 0.258 e. The molecule has 0 bridgehead atoms. The minimum atomic E-state index is -0.722. The minimum absolute atomic E-state index is 0.127. The smallest absolute Gasteiger partial charge is 0.258 e. The highest BCUT2D eigenvalue weighted by Gasteiger charge is 2.09. The van der Waals surface area contributed by atoms with Gasteiger partial charge in [0.25, 0.3) is 5.91 Å². The first-order valence-electron chi connectivity index (χ1n) is 5.87. The van der Waals surface area contributed by atoms with Gasteiger partial charge in [0.15, 0.2) is 18.1 Å². The highest BCUT2D eigenvalue weighted by atomic mass is 16.5. The number of benzene rings is 1. The molecule has 0 fully saturated rings. The molecule has 106 valence electrons. The first-order chi connectivity index (χ1) is 9.17. The third-order valence-corrected chi connectivity index (χ3v) is 2.32. The summed E-state index contributed by atoms with van der Waals surface area (Å²) in [6.07, 6.45) is -0.722. The van der Waals surface area contributed by atoms with E-state index in [2.05, 4.69) is 5.32 Å². The molecule has 0 spiro atoms. The number of carbonyl (C=O) groups excluding carboxylic acids is 1. The number of nitrogens with one attached hydrogen (secondary N) is 1. The van der Waals surface area contributed by atoms with Crippen molar-refractivity contribution < 1.29 is 24.1 Å². The maximum absolute atomic E-state index is 11.5. The van der Waals surface area contributed by atoms with Crippen LogP contribution in [0.25, 0.3) is 0 Å². The zero-order chi connectivity index (χ0) is 14.1. The van der Waals surface area contributed by atoms with Gasteiger partial charge in [-0.25, -0.2) is 0 Å². The lowest BCUT2D eigenvalue weighted by atomic mass is 10.3. The molecule has 0 heterocycles. The summed E-state index contributed by atoms with van der Waals surface area (Å²) in [5, 5.41) is 11.9. The zero-order valence-corrected chi connectivity index (χ0v) is 11.1. The Morgan fingerprint density at radius 2 is 2.00 bits per heavy atom. The average molecular weight is 269 g/mol. The van der Waals surface area contributed by atoms with Gasteiger partial charge >= 0.3 is 0 Å². The van der Waals surface area contributed by atoms with Crippen LogP contribution < -0.4 is 14.8 Å². The second-order valence-electron chi connectivity index (χ2n) is 3.85. The summed E-state index contributed by atoms with van der Waals surface area (Å²) < 4.78 is 15.2. The van der Waals surface area contributed by atoms with Crippen molar-refractivity contribution in [3.05, 3.63) is 24.3 Å². The Kier molecular flexibility index (Phi) is 6.70. The Balaban J connectivity index is 2.33. The van der Waals surface area contributed by atoms with E-state index in [0.717, 1.165) is 0 Å². The van der Waals surface area contributed by atoms with Crippen molar-refractivity contribution >= 4 is 5.91 Å². The third-order valence-electron chi connectivity index (χ3n) is 2.32. The van der Waals surface area contributed by atoms with Gasteiger partial charge in [-0.3, -0.25) is 4.79 Å². The molecule has 0 aromatic heterocycles. The molecule has 1 atom stereocenters. The lowest BCUT2D eigenvalue weighted by Crippen LogP contribution is -2.37. The fourth-order valence-electron chi connectivity index (χ4n) is 1.42. The van der Waals surface area contributed by atoms with Gasteiger partial charge in [-0.2, -0.15) is 0 Å². The molecule has 0 aliphatic carbocycles. The Hall–Kier alpha value is -1.79. The molecule has 19 heavy (non-hydrogen) atoms. The molecule has 1 aromatic carbocycles. The third kappa shape index (κ3) is 5.58. The molecule has 0 saturated carbocycles. The SMILES string of the molecule is COCC(O)CNC(=O)COc1ccccc1OC. The van der Waals surface area contributed by atoms with Crippen LogP contribution in [0.5, 0.6) is 11.5 Å². The number of ether oxygens (including phenoxy) is 3. The van der Waals surface area contributed by atoms with Crippen LogP contribution in [0, 0.1) is 0 Å². The topological polar surface area (TPSA) is 77.0 Å². The molecule has 0 saturated heterocycles. The number of hydrogen-bond donors (Lipinski definition) is 2. The van der Waals surface area contributed by atoms with Crippen LogP contribution in [0.2, 0.25) is 0 Å². The van der Waals surface area contributed by atoms with Crippen LogP contribution in [0.4, 0.5) is 0 Å². The van der Waals surface area contributed by atoms with E-state index in [1.165, 1.54) is 14.2 Å². The monoisotopic (exact) mass is 269 g/mol. The highest BCUT2D eigenvalue weighted by molar-refractivity contribution is 5.77. The van der Waals surface area contributed by atoms with Gasteiger partial charge in [0.05, 0.1) is 19.8 Å². The summed E-state index contributed by atoms with van der Waals surface area (Å²) in [6.45, 7) is 0.162. The summed E-state index contributed by atoms with van der Waals surface area (Å²) >= 11 is 0. The zero-order valence-electron chi connectivity index (χ0n) is 11.1. The van der Waals surface area contributed by atoms with E-state index < -0.39 is 6.10 Å². The predicted octanol–water partition coefficient (Wildman–Crippen LogP) is 0.197. The van der Waals surface area contributed by atoms with E-state index in [1.807, 2.05) is 6.07 Å². The fraction of sp³-hybridized carbons (Fsp3) is 0.462. The number of carbonyl (C=O) groups is 1. The number of para-hydroxylation sites is 2. The molecule has 6 nitrogen and oxygen atoms in total. The lowest BCUT2D eigenvalue weighted by Gasteiger charge is -2.12. The molecular weight excluding hydrogens is 250 g/mol. The Bertz CT molecular complexity index is 396. The number of aliphatic hydroxyl groups excluding tert-OH is 1. The number of aliphatic hydroxyl groups is 1. The minimum Gasteiger partial charge on any atom is -0.493 e. The van der Waals surface area contributed by atoms with Crippen LogP contribution in [0.3, 0.4) is 0 Å². The first kappa shape index (κ1) is 15.3. The summed E-state index contributed by atoms with van der Waals surface area (Å²) in [6, 6.07) is 7.06. The van der Waals surface area contributed by atoms with Crippen LogP contribution in [0.15, 0.2) is 24.3 Å². The predicted molar refractivity (Wildman–Crippen MR) is 69.4 cm³/mol. The molecule has 0 aliphatic heterocycles. The van der Waals surface area contributed by atoms with Gasteiger partial charge in [0.2, 0.25) is 0 Å². The highest BCUT2D eigenvalue weighted by Crippen LogP contribution is 2.25. The van der Waals surface area contributed by atoms with Gasteiger partial charge in [-0.15, -0.1) is 0 Å². The van der Waals surface area contributed by atoms with Crippen molar-refractivity contribution in [1.29, 1.82) is 0 Å². The standard InChI is InChI=1S/C13H19NO5/c1-17-8-10(15)7-14-13(16)9-19-12-6-4-3-5-11(12)18-2/h3-6,10,15H,7-9H2,1-2H3,(H,14,16). The van der Waals surface area contributed by atoms with E-state index in [0.29, 0.717) is 11.5 Å². The molecule has 2 N–H and O–H groups in total. The Morgan fingerprint density at radius 1 is 1.32 bits per heavy atom. The molecular formula is C13H19NO5. The van der Waals surface area contributed by atoms with Gasteiger partial charge < -0.3 is 24.6 Å². The largest absolute Gasteiger partial charge is 0.493 e. The van der Waals surface area contributed by atoms with Crippen molar-refractivity contribution in [2.75, 3.05) is 34.0 Å². The molecule has 6 heteroatoms. The summed E-state index contributed by atoms with van der Waals surface area (Å²) in [4.78, 5) is 11.5. The molecule has 1 unspecified atom stereocenters. The Labute approximate surface area is 112 Å². The van der Waals surface area contributed by atoms with Crippen LogP contribution in [-0.2, 0) is 9.53 Å². The first-order valence-corrected chi connectivity index (χ1v) is 5.87. The van der Waals surface area contributed by atoms with Crippen molar-refractivity contribution in [1.82, 2.24) is 5.32 Å². The summed E-state index contributed by atoms with van der Waals surface area (Å²) in [5.74, 6) is 0.744. The fourth-order valence-corrected chi connectivity index (χ4v) is 1.42. The van der Waals surface area contributed by atoms with E-state index in [-0.39, 0.29) is 25.7 Å². The maximum atomic E-state index is 11.5. The van der Waals surface area contributed by atoms with Gasteiger partial charge in [-0.05, 0) is 12.1 Å². The number of methoxy groups -OCH3 is 2. The molecule has 0 aliphatic rings. The van der Waals surface area contributed by atoms with Gasteiger partial charge in [0.1, 0.15) is 0 Å². The van der Waals surface area contributed by atoms with Crippen molar-refractivity contribution in [2.45, 2.75) is 6.10 Å². The molecule has 1 aromatic rings. The van der Waals surface area contributed by atoms with Crippen LogP contribution in [0.1, 0.15) is 0 Å². The second kappa shape index (κ2) is 8.34. The van der Waals surface area contributed by atoms with Crippen molar-refractivity contribution in [3.63, 3.8) is 0 Å². The lowest BCUT2D eigenvalue weighted by molar-refractivity contribution is -0.123. The summed E-state index contributed by atoms with van der Waals surface area (Å²) in [7, 11) is 3.01. The average Bonchev–Trinajstić information content (AvgIpc) is 2.43.